The fourth-order valence-corrected chi connectivity index (χ4v) is 1.02. The van der Waals surface area contributed by atoms with E-state index in [0.29, 0.717) is 18.8 Å². The molecule has 1 heterocycles. The van der Waals surface area contributed by atoms with Crippen LogP contribution >= 0.6 is 0 Å². The number of nitrogens with one attached hydrogen (secondary N) is 1. The van der Waals surface area contributed by atoms with Gasteiger partial charge in [-0.15, -0.1) is 0 Å². The van der Waals surface area contributed by atoms with E-state index in [1.165, 1.54) is 0 Å². The molecule has 5 nitrogen and oxygen atoms in total. The van der Waals surface area contributed by atoms with Crippen LogP contribution < -0.4 is 10.2 Å². The Morgan fingerprint density at radius 1 is 1.43 bits per heavy atom. The predicted molar refractivity (Wildman–Crippen MR) is 55.1 cm³/mol. The molecule has 1 aromatic heterocycles. The number of anilines is 2. The average molecular weight is 191 g/mol. The molecule has 0 atom stereocenters. The van der Waals surface area contributed by atoms with Crippen LogP contribution in [0.15, 0.2) is 12.4 Å². The van der Waals surface area contributed by atoms with Gasteiger partial charge in [0.2, 0.25) is 0 Å². The summed E-state index contributed by atoms with van der Waals surface area (Å²) in [7, 11) is 3.80. The number of nitriles is 1. The van der Waals surface area contributed by atoms with Gasteiger partial charge in [-0.25, -0.2) is 9.97 Å². The third-order valence-electron chi connectivity index (χ3n) is 1.63. The van der Waals surface area contributed by atoms with E-state index in [4.69, 9.17) is 5.26 Å². The second-order valence-corrected chi connectivity index (χ2v) is 2.96. The third-order valence-corrected chi connectivity index (χ3v) is 1.63. The van der Waals surface area contributed by atoms with Crippen molar-refractivity contribution >= 4 is 11.6 Å². The maximum absolute atomic E-state index is 8.39. The zero-order chi connectivity index (χ0) is 10.4. The highest BCUT2D eigenvalue weighted by Crippen LogP contribution is 2.16. The summed E-state index contributed by atoms with van der Waals surface area (Å²) in [4.78, 5) is 10.2. The summed E-state index contributed by atoms with van der Waals surface area (Å²) in [5.41, 5.74) is 0. The Balaban J connectivity index is 2.70. The van der Waals surface area contributed by atoms with E-state index < -0.39 is 0 Å². The largest absolute Gasteiger partial charge is 0.366 e. The number of hydrogen-bond acceptors (Lipinski definition) is 5. The van der Waals surface area contributed by atoms with E-state index in [1.807, 2.05) is 19.0 Å². The Kier molecular flexibility index (Phi) is 3.68. The highest BCUT2D eigenvalue weighted by molar-refractivity contribution is 5.59. The molecule has 0 aliphatic heterocycles. The quantitative estimate of drug-likeness (QED) is 0.715. The van der Waals surface area contributed by atoms with Crippen LogP contribution in [0.4, 0.5) is 11.6 Å². The van der Waals surface area contributed by atoms with Crippen molar-refractivity contribution < 1.29 is 0 Å². The first-order chi connectivity index (χ1) is 6.75. The number of rotatable bonds is 4. The van der Waals surface area contributed by atoms with Crippen molar-refractivity contribution in [3.8, 4) is 6.07 Å². The predicted octanol–water partition coefficient (Wildman–Crippen LogP) is 0.868. The summed E-state index contributed by atoms with van der Waals surface area (Å²) in [5.74, 6) is 1.50. The molecular formula is C9H13N5. The number of hydrogen-bond donors (Lipinski definition) is 1. The summed E-state index contributed by atoms with van der Waals surface area (Å²) < 4.78 is 0. The standard InChI is InChI=1S/C9H13N5/c1-14(2)9-8(11-5-3-4-10)12-6-7-13-9/h6-7H,3,5H2,1-2H3,(H,11,12). The maximum atomic E-state index is 8.39. The molecule has 0 fully saturated rings. The van der Waals surface area contributed by atoms with Gasteiger partial charge in [0.05, 0.1) is 12.5 Å². The first-order valence-corrected chi connectivity index (χ1v) is 4.35. The fourth-order valence-electron chi connectivity index (χ4n) is 1.02. The molecule has 0 amide bonds. The van der Waals surface area contributed by atoms with Gasteiger partial charge in [-0.1, -0.05) is 0 Å². The van der Waals surface area contributed by atoms with Gasteiger partial charge < -0.3 is 10.2 Å². The van der Waals surface area contributed by atoms with Gasteiger partial charge >= 0.3 is 0 Å². The molecule has 0 saturated carbocycles. The van der Waals surface area contributed by atoms with Gasteiger partial charge in [-0.3, -0.25) is 0 Å². The first-order valence-electron chi connectivity index (χ1n) is 4.35. The third kappa shape index (κ3) is 2.59. The average Bonchev–Trinajstić information content (AvgIpc) is 2.19. The lowest BCUT2D eigenvalue weighted by Gasteiger charge is -2.14. The van der Waals surface area contributed by atoms with Crippen LogP contribution in [0.3, 0.4) is 0 Å². The van der Waals surface area contributed by atoms with E-state index in [9.17, 15) is 0 Å². The molecule has 0 saturated heterocycles. The van der Waals surface area contributed by atoms with Crippen molar-refractivity contribution in [2.24, 2.45) is 0 Å². The van der Waals surface area contributed by atoms with Gasteiger partial charge in [-0.2, -0.15) is 5.26 Å². The summed E-state index contributed by atoms with van der Waals surface area (Å²) in [6, 6.07) is 2.06. The molecule has 1 aromatic rings. The summed E-state index contributed by atoms with van der Waals surface area (Å²) in [6.07, 6.45) is 3.73. The summed E-state index contributed by atoms with van der Waals surface area (Å²) >= 11 is 0. The maximum Gasteiger partial charge on any atom is 0.171 e. The smallest absolute Gasteiger partial charge is 0.171 e. The van der Waals surface area contributed by atoms with Crippen LogP contribution in [0, 0.1) is 11.3 Å². The topological polar surface area (TPSA) is 64.8 Å². The fraction of sp³-hybridized carbons (Fsp3) is 0.444. The van der Waals surface area contributed by atoms with Crippen LogP contribution in [0.25, 0.3) is 0 Å². The number of nitrogens with zero attached hydrogens (tertiary/aromatic N) is 4. The highest BCUT2D eigenvalue weighted by Gasteiger charge is 2.05. The Bertz CT molecular complexity index is 328. The Morgan fingerprint density at radius 3 is 2.79 bits per heavy atom. The lowest BCUT2D eigenvalue weighted by molar-refractivity contribution is 1.00. The van der Waals surface area contributed by atoms with Crippen LogP contribution in [0.1, 0.15) is 6.42 Å². The highest BCUT2D eigenvalue weighted by atomic mass is 15.2. The Labute approximate surface area is 83.4 Å². The summed E-state index contributed by atoms with van der Waals surface area (Å²) in [5, 5.41) is 11.4. The van der Waals surface area contributed by atoms with Crippen LogP contribution in [-0.4, -0.2) is 30.6 Å². The molecule has 0 aliphatic carbocycles. The molecule has 0 unspecified atom stereocenters. The lowest BCUT2D eigenvalue weighted by Crippen LogP contribution is -2.15. The molecule has 0 aliphatic rings. The molecule has 0 radical (unpaired) electrons. The monoisotopic (exact) mass is 191 g/mol. The second-order valence-electron chi connectivity index (χ2n) is 2.96. The van der Waals surface area contributed by atoms with E-state index in [2.05, 4.69) is 21.4 Å². The first kappa shape index (κ1) is 10.3. The molecule has 5 heteroatoms. The minimum Gasteiger partial charge on any atom is -0.366 e. The van der Waals surface area contributed by atoms with Crippen molar-refractivity contribution in [1.29, 1.82) is 5.26 Å². The van der Waals surface area contributed by atoms with Crippen molar-refractivity contribution in [3.05, 3.63) is 12.4 Å². The molecule has 1 rings (SSSR count). The SMILES string of the molecule is CN(C)c1nccnc1NCCC#N. The van der Waals surface area contributed by atoms with E-state index in [1.54, 1.807) is 12.4 Å². The molecule has 0 spiro atoms. The normalized spacial score (nSPS) is 9.21. The van der Waals surface area contributed by atoms with Crippen LogP contribution in [-0.2, 0) is 0 Å². The van der Waals surface area contributed by atoms with E-state index >= 15 is 0 Å². The molecule has 74 valence electrons. The Hall–Kier alpha value is -1.83. The zero-order valence-electron chi connectivity index (χ0n) is 8.36. The van der Waals surface area contributed by atoms with Gasteiger partial charge in [0.1, 0.15) is 0 Å². The van der Waals surface area contributed by atoms with Crippen molar-refractivity contribution in [1.82, 2.24) is 9.97 Å². The van der Waals surface area contributed by atoms with Crippen molar-refractivity contribution in [2.45, 2.75) is 6.42 Å². The van der Waals surface area contributed by atoms with Gasteiger partial charge in [0, 0.05) is 33.0 Å². The van der Waals surface area contributed by atoms with Crippen LogP contribution in [0.5, 0.6) is 0 Å². The Morgan fingerprint density at radius 2 is 2.14 bits per heavy atom. The zero-order valence-corrected chi connectivity index (χ0v) is 8.36. The van der Waals surface area contributed by atoms with Crippen molar-refractivity contribution in [2.75, 3.05) is 30.9 Å². The van der Waals surface area contributed by atoms with Gasteiger partial charge in [-0.05, 0) is 0 Å². The minimum absolute atomic E-state index is 0.462. The lowest BCUT2D eigenvalue weighted by atomic mass is 10.4. The molecule has 1 N–H and O–H groups in total. The molecular weight excluding hydrogens is 178 g/mol. The minimum atomic E-state index is 0.462. The van der Waals surface area contributed by atoms with E-state index in [-0.39, 0.29) is 0 Å². The van der Waals surface area contributed by atoms with Gasteiger partial charge in [0.15, 0.2) is 11.6 Å². The molecule has 14 heavy (non-hydrogen) atoms. The number of aromatic nitrogens is 2. The molecule has 0 bridgehead atoms. The van der Waals surface area contributed by atoms with Gasteiger partial charge in [0.25, 0.3) is 0 Å². The van der Waals surface area contributed by atoms with E-state index in [0.717, 1.165) is 5.82 Å². The summed E-state index contributed by atoms with van der Waals surface area (Å²) in [6.45, 7) is 0.593. The van der Waals surface area contributed by atoms with Crippen LogP contribution in [0.2, 0.25) is 0 Å². The van der Waals surface area contributed by atoms with Crippen molar-refractivity contribution in [3.63, 3.8) is 0 Å². The molecule has 0 aromatic carbocycles. The second kappa shape index (κ2) is 5.02.